The summed E-state index contributed by atoms with van der Waals surface area (Å²) < 4.78 is 5.05. The topological polar surface area (TPSA) is 59.3 Å². The Labute approximate surface area is 105 Å². The molecule has 18 heavy (non-hydrogen) atoms. The van der Waals surface area contributed by atoms with Gasteiger partial charge in [-0.15, -0.1) is 0 Å². The largest absolute Gasteiger partial charge is 0.461 e. The standard InChI is InChI=1S/C14H13NO3/c1-2-13(16)15-11-6-3-5-10(9-11)14(17)12-7-4-8-18-12/h3-9H,2H2,1H3,(H,15,16). The van der Waals surface area contributed by atoms with Gasteiger partial charge in [0.1, 0.15) is 0 Å². The van der Waals surface area contributed by atoms with Gasteiger partial charge in [-0.25, -0.2) is 0 Å². The van der Waals surface area contributed by atoms with Crippen molar-refractivity contribution in [2.45, 2.75) is 13.3 Å². The first kappa shape index (κ1) is 12.1. The zero-order valence-corrected chi connectivity index (χ0v) is 9.97. The molecule has 0 saturated carbocycles. The number of nitrogens with one attached hydrogen (secondary N) is 1. The van der Waals surface area contributed by atoms with Crippen LogP contribution in [-0.2, 0) is 4.79 Å². The van der Waals surface area contributed by atoms with Gasteiger partial charge >= 0.3 is 0 Å². The lowest BCUT2D eigenvalue weighted by Crippen LogP contribution is -2.10. The van der Waals surface area contributed by atoms with E-state index in [1.54, 1.807) is 43.3 Å². The molecule has 92 valence electrons. The molecule has 0 aliphatic heterocycles. The Balaban J connectivity index is 2.22. The van der Waals surface area contributed by atoms with Crippen molar-refractivity contribution in [1.82, 2.24) is 0 Å². The molecule has 1 amide bonds. The number of rotatable bonds is 4. The molecular formula is C14H13NO3. The predicted molar refractivity (Wildman–Crippen MR) is 67.5 cm³/mol. The Morgan fingerprint density at radius 2 is 2.06 bits per heavy atom. The third-order valence-corrected chi connectivity index (χ3v) is 2.47. The van der Waals surface area contributed by atoms with E-state index in [0.717, 1.165) is 0 Å². The molecular weight excluding hydrogens is 230 g/mol. The van der Waals surface area contributed by atoms with E-state index in [2.05, 4.69) is 5.32 Å². The van der Waals surface area contributed by atoms with Crippen LogP contribution in [0.4, 0.5) is 5.69 Å². The number of furan rings is 1. The summed E-state index contributed by atoms with van der Waals surface area (Å²) in [6.07, 6.45) is 1.85. The smallest absolute Gasteiger partial charge is 0.228 e. The van der Waals surface area contributed by atoms with Crippen molar-refractivity contribution in [3.63, 3.8) is 0 Å². The lowest BCUT2D eigenvalue weighted by molar-refractivity contribution is -0.115. The summed E-state index contributed by atoms with van der Waals surface area (Å²) in [5.74, 6) is -0.000775. The van der Waals surface area contributed by atoms with Gasteiger partial charge in [0.2, 0.25) is 11.7 Å². The fourth-order valence-electron chi connectivity index (χ4n) is 1.54. The lowest BCUT2D eigenvalue weighted by Gasteiger charge is -2.05. The Morgan fingerprint density at radius 1 is 1.22 bits per heavy atom. The summed E-state index contributed by atoms with van der Waals surface area (Å²) in [6.45, 7) is 1.77. The molecule has 0 bridgehead atoms. The van der Waals surface area contributed by atoms with Crippen LogP contribution >= 0.6 is 0 Å². The summed E-state index contributed by atoms with van der Waals surface area (Å²) in [5, 5.41) is 2.71. The first-order chi connectivity index (χ1) is 8.70. The highest BCUT2D eigenvalue weighted by Crippen LogP contribution is 2.15. The van der Waals surface area contributed by atoms with Crippen molar-refractivity contribution < 1.29 is 14.0 Å². The van der Waals surface area contributed by atoms with Gasteiger partial charge in [-0.2, -0.15) is 0 Å². The molecule has 0 radical (unpaired) electrons. The molecule has 0 atom stereocenters. The summed E-state index contributed by atoms with van der Waals surface area (Å²) >= 11 is 0. The molecule has 4 nitrogen and oxygen atoms in total. The number of carbonyl (C=O) groups excluding carboxylic acids is 2. The third kappa shape index (κ3) is 2.66. The van der Waals surface area contributed by atoms with Crippen molar-refractivity contribution in [2.24, 2.45) is 0 Å². The van der Waals surface area contributed by atoms with Crippen LogP contribution in [0.25, 0.3) is 0 Å². The maximum atomic E-state index is 12.0. The van der Waals surface area contributed by atoms with Crippen LogP contribution in [0.5, 0.6) is 0 Å². The van der Waals surface area contributed by atoms with Crippen LogP contribution in [0.1, 0.15) is 29.5 Å². The number of ketones is 1. The highest BCUT2D eigenvalue weighted by molar-refractivity contribution is 6.08. The van der Waals surface area contributed by atoms with E-state index in [1.807, 2.05) is 0 Å². The Bertz CT molecular complexity index is 558. The quantitative estimate of drug-likeness (QED) is 0.840. The first-order valence-electron chi connectivity index (χ1n) is 5.69. The normalized spacial score (nSPS) is 10.1. The molecule has 2 aromatic rings. The molecule has 0 fully saturated rings. The average Bonchev–Trinajstić information content (AvgIpc) is 2.92. The zero-order chi connectivity index (χ0) is 13.0. The van der Waals surface area contributed by atoms with E-state index in [0.29, 0.717) is 17.7 Å². The number of hydrogen-bond acceptors (Lipinski definition) is 3. The third-order valence-electron chi connectivity index (χ3n) is 2.47. The van der Waals surface area contributed by atoms with Gasteiger partial charge in [0.25, 0.3) is 0 Å². The van der Waals surface area contributed by atoms with Crippen molar-refractivity contribution in [3.8, 4) is 0 Å². The fourth-order valence-corrected chi connectivity index (χ4v) is 1.54. The predicted octanol–water partition coefficient (Wildman–Crippen LogP) is 2.86. The molecule has 1 aromatic carbocycles. The second kappa shape index (κ2) is 5.31. The SMILES string of the molecule is CCC(=O)Nc1cccc(C(=O)c2ccco2)c1. The van der Waals surface area contributed by atoms with Crippen LogP contribution in [0, 0.1) is 0 Å². The van der Waals surface area contributed by atoms with E-state index < -0.39 is 0 Å². The summed E-state index contributed by atoms with van der Waals surface area (Å²) in [7, 11) is 0. The number of hydrogen-bond donors (Lipinski definition) is 1. The van der Waals surface area contributed by atoms with Crippen LogP contribution in [-0.4, -0.2) is 11.7 Å². The molecule has 0 aliphatic carbocycles. The number of benzene rings is 1. The minimum absolute atomic E-state index is 0.0856. The second-order valence-corrected chi connectivity index (χ2v) is 3.79. The minimum atomic E-state index is -0.201. The summed E-state index contributed by atoms with van der Waals surface area (Å²) in [5.41, 5.74) is 1.10. The molecule has 0 spiro atoms. The minimum Gasteiger partial charge on any atom is -0.461 e. The van der Waals surface area contributed by atoms with Crippen molar-refractivity contribution in [3.05, 3.63) is 54.0 Å². The lowest BCUT2D eigenvalue weighted by atomic mass is 10.1. The maximum absolute atomic E-state index is 12.0. The number of amides is 1. The van der Waals surface area contributed by atoms with Gasteiger partial charge in [-0.3, -0.25) is 9.59 Å². The highest BCUT2D eigenvalue weighted by Gasteiger charge is 2.12. The van der Waals surface area contributed by atoms with Crippen molar-refractivity contribution in [2.75, 3.05) is 5.32 Å². The second-order valence-electron chi connectivity index (χ2n) is 3.79. The summed E-state index contributed by atoms with van der Waals surface area (Å²) in [4.78, 5) is 23.3. The average molecular weight is 243 g/mol. The molecule has 1 N–H and O–H groups in total. The maximum Gasteiger partial charge on any atom is 0.228 e. The molecule has 1 heterocycles. The van der Waals surface area contributed by atoms with E-state index in [4.69, 9.17) is 4.42 Å². The van der Waals surface area contributed by atoms with E-state index >= 15 is 0 Å². The Morgan fingerprint density at radius 3 is 2.72 bits per heavy atom. The van der Waals surface area contributed by atoms with Crippen molar-refractivity contribution >= 4 is 17.4 Å². The van der Waals surface area contributed by atoms with Crippen LogP contribution < -0.4 is 5.32 Å². The molecule has 0 aliphatic rings. The molecule has 1 aromatic heterocycles. The first-order valence-corrected chi connectivity index (χ1v) is 5.69. The fraction of sp³-hybridized carbons (Fsp3) is 0.143. The van der Waals surface area contributed by atoms with E-state index in [9.17, 15) is 9.59 Å². The van der Waals surface area contributed by atoms with Gasteiger partial charge < -0.3 is 9.73 Å². The van der Waals surface area contributed by atoms with E-state index in [-0.39, 0.29) is 17.5 Å². The Kier molecular flexibility index (Phi) is 3.57. The summed E-state index contributed by atoms with van der Waals surface area (Å²) in [6, 6.07) is 10.1. The van der Waals surface area contributed by atoms with Crippen LogP contribution in [0.15, 0.2) is 47.1 Å². The number of carbonyl (C=O) groups is 2. The van der Waals surface area contributed by atoms with Gasteiger partial charge in [-0.05, 0) is 24.3 Å². The van der Waals surface area contributed by atoms with Crippen LogP contribution in [0.2, 0.25) is 0 Å². The van der Waals surface area contributed by atoms with Crippen LogP contribution in [0.3, 0.4) is 0 Å². The van der Waals surface area contributed by atoms with Gasteiger partial charge in [0, 0.05) is 17.7 Å². The van der Waals surface area contributed by atoms with Gasteiger partial charge in [0.15, 0.2) is 5.76 Å². The van der Waals surface area contributed by atoms with Gasteiger partial charge in [0.05, 0.1) is 6.26 Å². The van der Waals surface area contributed by atoms with Gasteiger partial charge in [-0.1, -0.05) is 19.1 Å². The molecule has 2 rings (SSSR count). The number of anilines is 1. The molecule has 4 heteroatoms. The highest BCUT2D eigenvalue weighted by atomic mass is 16.3. The van der Waals surface area contributed by atoms with Crippen molar-refractivity contribution in [1.29, 1.82) is 0 Å². The van der Waals surface area contributed by atoms with E-state index in [1.165, 1.54) is 6.26 Å². The molecule has 0 saturated heterocycles. The molecule has 0 unspecified atom stereocenters. The zero-order valence-electron chi connectivity index (χ0n) is 9.97. The monoisotopic (exact) mass is 243 g/mol. The Hall–Kier alpha value is -2.36.